The van der Waals surface area contributed by atoms with Crippen LogP contribution in [0.2, 0.25) is 0 Å². The number of nitrogens with zero attached hydrogens (tertiary/aromatic N) is 1. The van der Waals surface area contributed by atoms with Crippen LogP contribution in [0.1, 0.15) is 23.7 Å². The molecule has 0 spiro atoms. The van der Waals surface area contributed by atoms with Crippen LogP contribution in [0.3, 0.4) is 0 Å². The van der Waals surface area contributed by atoms with Gasteiger partial charge in [0, 0.05) is 53.7 Å². The zero-order chi connectivity index (χ0) is 31.0. The maximum atomic E-state index is 4.33. The van der Waals surface area contributed by atoms with Crippen LogP contribution in [-0.4, -0.2) is 4.57 Å². The van der Waals surface area contributed by atoms with Crippen LogP contribution in [0, 0.1) is 0 Å². The molecule has 2 aromatic heterocycles. The highest BCUT2D eigenvalue weighted by Gasteiger charge is 2.19. The van der Waals surface area contributed by atoms with E-state index in [-0.39, 0.29) is 0 Å². The normalized spacial score (nSPS) is 11.8. The van der Waals surface area contributed by atoms with Gasteiger partial charge >= 0.3 is 0 Å². The minimum absolute atomic E-state index is 1.07. The van der Waals surface area contributed by atoms with Crippen LogP contribution in [-0.2, 0) is 0 Å². The molecule has 0 aliphatic carbocycles. The molecule has 0 radical (unpaired) electrons. The van der Waals surface area contributed by atoms with Gasteiger partial charge < -0.3 is 9.88 Å². The molecular weight excluding hydrogens is 577 g/mol. The Hall–Kier alpha value is -5.64. The van der Waals surface area contributed by atoms with Crippen molar-refractivity contribution in [1.82, 2.24) is 4.57 Å². The van der Waals surface area contributed by atoms with Crippen LogP contribution in [0.25, 0.3) is 65.6 Å². The Balaban J connectivity index is 1.35. The van der Waals surface area contributed by atoms with E-state index in [0.29, 0.717) is 0 Å². The summed E-state index contributed by atoms with van der Waals surface area (Å²) in [5, 5.41) is 7.51. The molecule has 0 aliphatic heterocycles. The summed E-state index contributed by atoms with van der Waals surface area (Å²) in [6.07, 6.45) is 4.35. The van der Waals surface area contributed by atoms with Crippen LogP contribution >= 0.6 is 11.3 Å². The predicted octanol–water partition coefficient (Wildman–Crippen LogP) is 12.6. The molecule has 3 heteroatoms. The minimum Gasteiger partial charge on any atom is -0.355 e. The monoisotopic (exact) mass is 608 g/mol. The lowest BCUT2D eigenvalue weighted by atomic mass is 9.98. The van der Waals surface area contributed by atoms with Gasteiger partial charge in [-0.25, -0.2) is 0 Å². The molecular formula is C43H32N2S. The number of benzene rings is 6. The van der Waals surface area contributed by atoms with Gasteiger partial charge in [-0.2, -0.15) is 0 Å². The summed E-state index contributed by atoms with van der Waals surface area (Å²) in [6, 6.07) is 51.6. The van der Waals surface area contributed by atoms with Crippen molar-refractivity contribution >= 4 is 71.5 Å². The van der Waals surface area contributed by atoms with E-state index < -0.39 is 0 Å². The van der Waals surface area contributed by atoms with Crippen molar-refractivity contribution in [2.24, 2.45) is 0 Å². The second-order valence-corrected chi connectivity index (χ2v) is 12.6. The number of aromatic nitrogens is 1. The number of allylic oxidation sites excluding steroid dienone is 1. The highest BCUT2D eigenvalue weighted by atomic mass is 32.1. The van der Waals surface area contributed by atoms with Gasteiger partial charge in [-0.3, -0.25) is 0 Å². The van der Waals surface area contributed by atoms with E-state index >= 15 is 0 Å². The fourth-order valence-corrected chi connectivity index (χ4v) is 7.94. The average molecular weight is 609 g/mol. The van der Waals surface area contributed by atoms with Crippen LogP contribution < -0.4 is 5.32 Å². The van der Waals surface area contributed by atoms with E-state index in [1.165, 1.54) is 47.8 Å². The first-order valence-corrected chi connectivity index (χ1v) is 16.4. The summed E-state index contributed by atoms with van der Waals surface area (Å²) in [5.74, 6) is 0. The van der Waals surface area contributed by atoms with Crippen molar-refractivity contribution in [3.8, 4) is 16.8 Å². The van der Waals surface area contributed by atoms with Crippen LogP contribution in [0.5, 0.6) is 0 Å². The molecule has 0 aliphatic rings. The first-order valence-electron chi connectivity index (χ1n) is 15.6. The maximum absolute atomic E-state index is 4.33. The molecule has 6 aromatic carbocycles. The number of thiophene rings is 1. The Morgan fingerprint density at radius 1 is 0.674 bits per heavy atom. The Morgan fingerprint density at radius 2 is 1.37 bits per heavy atom. The van der Waals surface area contributed by atoms with Gasteiger partial charge in [-0.15, -0.1) is 11.3 Å². The fraction of sp³-hybridized carbons (Fsp3) is 0.0233. The molecule has 2 heterocycles. The third-order valence-electron chi connectivity index (χ3n) is 8.71. The lowest BCUT2D eigenvalue weighted by molar-refractivity contribution is 1.11. The number of para-hydroxylation sites is 2. The first kappa shape index (κ1) is 27.9. The summed E-state index contributed by atoms with van der Waals surface area (Å²) < 4.78 is 4.93. The highest BCUT2D eigenvalue weighted by Crippen LogP contribution is 2.43. The number of hydrogen-bond acceptors (Lipinski definition) is 2. The highest BCUT2D eigenvalue weighted by molar-refractivity contribution is 7.26. The van der Waals surface area contributed by atoms with Crippen molar-refractivity contribution < 1.29 is 0 Å². The van der Waals surface area contributed by atoms with Gasteiger partial charge in [0.25, 0.3) is 0 Å². The van der Waals surface area contributed by atoms with Crippen molar-refractivity contribution in [1.29, 1.82) is 0 Å². The number of anilines is 2. The SMILES string of the molecule is C=Cc1c(/C=C(\C)c2c(Nc3ccccc3)ccc3c2sc2ccccc23)c2ccccc2n1-c1cccc(-c2ccccc2)c1. The predicted molar refractivity (Wildman–Crippen MR) is 201 cm³/mol. The number of fused-ring (bicyclic) bond motifs is 4. The van der Waals surface area contributed by atoms with Crippen molar-refractivity contribution in [3.05, 3.63) is 169 Å². The third kappa shape index (κ3) is 4.82. The molecule has 0 bridgehead atoms. The molecule has 46 heavy (non-hydrogen) atoms. The topological polar surface area (TPSA) is 17.0 Å². The average Bonchev–Trinajstić information content (AvgIpc) is 3.64. The smallest absolute Gasteiger partial charge is 0.0541 e. The van der Waals surface area contributed by atoms with E-state index in [4.69, 9.17) is 0 Å². The lowest BCUT2D eigenvalue weighted by Crippen LogP contribution is -1.98. The Morgan fingerprint density at radius 3 is 2.17 bits per heavy atom. The molecule has 8 rings (SSSR count). The molecule has 220 valence electrons. The largest absolute Gasteiger partial charge is 0.355 e. The molecule has 8 aromatic rings. The van der Waals surface area contributed by atoms with Crippen LogP contribution in [0.15, 0.2) is 152 Å². The zero-order valence-corrected chi connectivity index (χ0v) is 26.4. The number of hydrogen-bond donors (Lipinski definition) is 1. The summed E-state index contributed by atoms with van der Waals surface area (Å²) in [7, 11) is 0. The summed E-state index contributed by atoms with van der Waals surface area (Å²) in [6.45, 7) is 6.57. The molecule has 0 atom stereocenters. The maximum Gasteiger partial charge on any atom is 0.0541 e. The van der Waals surface area contributed by atoms with E-state index in [1.807, 2.05) is 17.4 Å². The Bertz CT molecular complexity index is 2410. The molecule has 0 fully saturated rings. The van der Waals surface area contributed by atoms with Gasteiger partial charge in [0.1, 0.15) is 0 Å². The minimum atomic E-state index is 1.07. The summed E-state index contributed by atoms with van der Waals surface area (Å²) in [5.41, 5.74) is 11.5. The van der Waals surface area contributed by atoms with Gasteiger partial charge in [0.05, 0.1) is 11.2 Å². The van der Waals surface area contributed by atoms with E-state index in [9.17, 15) is 0 Å². The lowest BCUT2D eigenvalue weighted by Gasteiger charge is -2.15. The molecule has 0 amide bonds. The Labute approximate surface area is 273 Å². The van der Waals surface area contributed by atoms with Gasteiger partial charge in [0.15, 0.2) is 0 Å². The zero-order valence-electron chi connectivity index (χ0n) is 25.6. The second-order valence-electron chi connectivity index (χ2n) is 11.6. The standard InChI is InChI=1S/C43H32N2S/c1-3-39-37(34-21-10-12-23-40(34)45(39)33-20-14-17-31(28-33)30-15-6-4-7-16-30)27-29(2)42-38(44-32-18-8-5-9-19-32)26-25-36-35-22-11-13-24-41(35)46-43(36)42/h3-28,44H,1H2,2H3/b29-27+. The number of nitrogens with one attached hydrogen (secondary N) is 1. The summed E-state index contributed by atoms with van der Waals surface area (Å²) >= 11 is 1.86. The molecule has 0 saturated carbocycles. The number of rotatable bonds is 7. The molecule has 0 unspecified atom stereocenters. The van der Waals surface area contributed by atoms with E-state index in [2.05, 4.69) is 175 Å². The third-order valence-corrected chi connectivity index (χ3v) is 9.92. The van der Waals surface area contributed by atoms with Crippen molar-refractivity contribution in [3.63, 3.8) is 0 Å². The van der Waals surface area contributed by atoms with Crippen molar-refractivity contribution in [2.75, 3.05) is 5.32 Å². The second kappa shape index (κ2) is 11.7. The van der Waals surface area contributed by atoms with Gasteiger partial charge in [0.2, 0.25) is 0 Å². The quantitative estimate of drug-likeness (QED) is 0.190. The molecule has 2 nitrogen and oxygen atoms in total. The fourth-order valence-electron chi connectivity index (χ4n) is 6.62. The van der Waals surface area contributed by atoms with E-state index in [0.717, 1.165) is 33.8 Å². The van der Waals surface area contributed by atoms with Crippen molar-refractivity contribution in [2.45, 2.75) is 6.92 Å². The molecule has 1 N–H and O–H groups in total. The van der Waals surface area contributed by atoms with Gasteiger partial charge in [-0.05, 0) is 78.2 Å². The molecule has 0 saturated heterocycles. The summed E-state index contributed by atoms with van der Waals surface area (Å²) in [4.78, 5) is 0. The van der Waals surface area contributed by atoms with E-state index in [1.54, 1.807) is 0 Å². The van der Waals surface area contributed by atoms with Gasteiger partial charge in [-0.1, -0.05) is 110 Å². The van der Waals surface area contributed by atoms with Crippen LogP contribution in [0.4, 0.5) is 11.4 Å². The first-order chi connectivity index (χ1) is 22.7. The Kier molecular flexibility index (Phi) is 7.09.